The molecule has 2 N–H and O–H groups in total. The molecule has 2 bridgehead atoms. The zero-order valence-corrected chi connectivity index (χ0v) is 5.48. The zero-order chi connectivity index (χ0) is 6.27. The van der Waals surface area contributed by atoms with Crippen LogP contribution in [0.25, 0.3) is 0 Å². The van der Waals surface area contributed by atoms with Crippen LogP contribution in [0.3, 0.4) is 0 Å². The lowest BCUT2D eigenvalue weighted by atomic mass is 10.1. The number of hydrogen-bond acceptors (Lipinski definition) is 1. The molecule has 0 saturated heterocycles. The van der Waals surface area contributed by atoms with Crippen molar-refractivity contribution in [3.05, 3.63) is 22.8 Å². The highest BCUT2D eigenvalue weighted by Crippen LogP contribution is 2.38. The molecular weight excluding hydrogens is 110 g/mol. The van der Waals surface area contributed by atoms with E-state index in [-0.39, 0.29) is 0 Å². The van der Waals surface area contributed by atoms with Gasteiger partial charge in [-0.3, -0.25) is 0 Å². The first-order valence-corrected chi connectivity index (χ1v) is 3.50. The Bertz CT molecular complexity index is 199. The third kappa shape index (κ3) is 0.648. The summed E-state index contributed by atoms with van der Waals surface area (Å²) in [6, 6.07) is 0. The van der Waals surface area contributed by atoms with E-state index in [1.54, 1.807) is 11.1 Å². The Morgan fingerprint density at radius 2 is 2.33 bits per heavy atom. The summed E-state index contributed by atoms with van der Waals surface area (Å²) in [5.41, 5.74) is 10.1. The van der Waals surface area contributed by atoms with Crippen molar-refractivity contribution in [3.8, 4) is 0 Å². The largest absolute Gasteiger partial charge is 0.326 e. The maximum Gasteiger partial charge on any atom is 0.0177 e. The molecule has 9 heavy (non-hydrogen) atoms. The molecule has 2 rings (SSSR count). The highest BCUT2D eigenvalue weighted by molar-refractivity contribution is 5.44. The molecular formula is C8H11N. The molecule has 1 saturated carbocycles. The normalized spacial score (nSPS) is 23.4. The van der Waals surface area contributed by atoms with Gasteiger partial charge in [0.1, 0.15) is 0 Å². The monoisotopic (exact) mass is 121 g/mol. The van der Waals surface area contributed by atoms with Gasteiger partial charge in [-0.25, -0.2) is 0 Å². The minimum atomic E-state index is 0.749. The van der Waals surface area contributed by atoms with Crippen LogP contribution in [-0.4, -0.2) is 6.54 Å². The smallest absolute Gasteiger partial charge is 0.0177 e. The van der Waals surface area contributed by atoms with Crippen molar-refractivity contribution >= 4 is 0 Å². The quantitative estimate of drug-likeness (QED) is 0.557. The van der Waals surface area contributed by atoms with Gasteiger partial charge in [0.25, 0.3) is 0 Å². The van der Waals surface area contributed by atoms with Gasteiger partial charge in [0.2, 0.25) is 0 Å². The molecule has 0 aromatic rings. The van der Waals surface area contributed by atoms with E-state index in [9.17, 15) is 0 Å². The molecule has 0 amide bonds. The molecule has 0 aliphatic heterocycles. The second kappa shape index (κ2) is 1.71. The molecule has 0 atom stereocenters. The number of fused-ring (bicyclic) bond motifs is 2. The SMILES string of the molecule is NCC1=C2CCC(=C1)C2. The van der Waals surface area contributed by atoms with Gasteiger partial charge >= 0.3 is 0 Å². The summed E-state index contributed by atoms with van der Waals surface area (Å²) >= 11 is 0. The van der Waals surface area contributed by atoms with E-state index in [1.165, 1.54) is 24.8 Å². The van der Waals surface area contributed by atoms with Crippen molar-refractivity contribution in [1.29, 1.82) is 0 Å². The van der Waals surface area contributed by atoms with Gasteiger partial charge in [-0.2, -0.15) is 0 Å². The molecule has 1 fully saturated rings. The lowest BCUT2D eigenvalue weighted by Crippen LogP contribution is -2.02. The van der Waals surface area contributed by atoms with Gasteiger partial charge in [0.15, 0.2) is 0 Å². The Morgan fingerprint density at radius 3 is 2.67 bits per heavy atom. The van der Waals surface area contributed by atoms with Crippen LogP contribution in [0.4, 0.5) is 0 Å². The summed E-state index contributed by atoms with van der Waals surface area (Å²) in [6.07, 6.45) is 6.11. The predicted molar refractivity (Wildman–Crippen MR) is 38.0 cm³/mol. The molecule has 0 radical (unpaired) electrons. The number of hydrogen-bond donors (Lipinski definition) is 1. The summed E-state index contributed by atoms with van der Waals surface area (Å²) in [5, 5.41) is 0. The first-order valence-electron chi connectivity index (χ1n) is 3.50. The molecule has 0 spiro atoms. The van der Waals surface area contributed by atoms with Crippen molar-refractivity contribution in [1.82, 2.24) is 0 Å². The van der Waals surface area contributed by atoms with Gasteiger partial charge in [-0.05, 0) is 24.8 Å². The molecule has 2 aliphatic rings. The number of allylic oxidation sites excluding steroid dienone is 2. The van der Waals surface area contributed by atoms with Crippen LogP contribution < -0.4 is 5.73 Å². The van der Waals surface area contributed by atoms with Gasteiger partial charge in [0.05, 0.1) is 0 Å². The number of rotatable bonds is 1. The molecule has 48 valence electrons. The summed E-state index contributed by atoms with van der Waals surface area (Å²) in [5.74, 6) is 0. The molecule has 1 heteroatoms. The Balaban J connectivity index is 2.33. The Labute approximate surface area is 55.2 Å². The van der Waals surface area contributed by atoms with Gasteiger partial charge in [0, 0.05) is 6.54 Å². The van der Waals surface area contributed by atoms with Crippen molar-refractivity contribution in [2.75, 3.05) is 6.54 Å². The van der Waals surface area contributed by atoms with Crippen LogP contribution in [-0.2, 0) is 0 Å². The number of nitrogens with two attached hydrogens (primary N) is 1. The second-order valence-electron chi connectivity index (χ2n) is 2.81. The maximum atomic E-state index is 5.52. The standard InChI is InChI=1S/C8H11N/c9-5-8-4-6-1-2-7(8)3-6/h4H,1-3,5,9H2. The highest BCUT2D eigenvalue weighted by Gasteiger charge is 2.20. The van der Waals surface area contributed by atoms with Crippen LogP contribution in [0.15, 0.2) is 22.8 Å². The molecule has 1 nitrogen and oxygen atoms in total. The lowest BCUT2D eigenvalue weighted by Gasteiger charge is -2.00. The zero-order valence-electron chi connectivity index (χ0n) is 5.48. The minimum Gasteiger partial charge on any atom is -0.326 e. The van der Waals surface area contributed by atoms with Crippen molar-refractivity contribution < 1.29 is 0 Å². The van der Waals surface area contributed by atoms with E-state index in [1.807, 2.05) is 0 Å². The Hall–Kier alpha value is -0.560. The van der Waals surface area contributed by atoms with Crippen molar-refractivity contribution in [3.63, 3.8) is 0 Å². The lowest BCUT2D eigenvalue weighted by molar-refractivity contribution is 0.994. The Kier molecular flexibility index (Phi) is 0.995. The van der Waals surface area contributed by atoms with Crippen LogP contribution >= 0.6 is 0 Å². The average molecular weight is 121 g/mol. The summed E-state index contributed by atoms with van der Waals surface area (Å²) in [6.45, 7) is 0.749. The second-order valence-corrected chi connectivity index (χ2v) is 2.81. The van der Waals surface area contributed by atoms with E-state index >= 15 is 0 Å². The molecule has 0 aromatic carbocycles. The third-order valence-corrected chi connectivity index (χ3v) is 2.24. The third-order valence-electron chi connectivity index (χ3n) is 2.24. The van der Waals surface area contributed by atoms with E-state index < -0.39 is 0 Å². The highest BCUT2D eigenvalue weighted by atomic mass is 14.5. The van der Waals surface area contributed by atoms with Crippen LogP contribution in [0.1, 0.15) is 19.3 Å². The molecule has 2 aliphatic carbocycles. The summed E-state index contributed by atoms with van der Waals surface area (Å²) < 4.78 is 0. The van der Waals surface area contributed by atoms with Crippen molar-refractivity contribution in [2.24, 2.45) is 5.73 Å². The van der Waals surface area contributed by atoms with E-state index in [0.29, 0.717) is 0 Å². The fraction of sp³-hybridized carbons (Fsp3) is 0.500. The topological polar surface area (TPSA) is 26.0 Å². The van der Waals surface area contributed by atoms with E-state index in [2.05, 4.69) is 6.08 Å². The maximum absolute atomic E-state index is 5.52. The molecule has 0 aromatic heterocycles. The minimum absolute atomic E-state index is 0.749. The van der Waals surface area contributed by atoms with Crippen LogP contribution in [0.5, 0.6) is 0 Å². The van der Waals surface area contributed by atoms with E-state index in [4.69, 9.17) is 5.73 Å². The van der Waals surface area contributed by atoms with Gasteiger partial charge < -0.3 is 5.73 Å². The summed E-state index contributed by atoms with van der Waals surface area (Å²) in [7, 11) is 0. The van der Waals surface area contributed by atoms with E-state index in [0.717, 1.165) is 6.54 Å². The molecule has 0 heterocycles. The first-order chi connectivity index (χ1) is 4.40. The van der Waals surface area contributed by atoms with Crippen LogP contribution in [0.2, 0.25) is 0 Å². The van der Waals surface area contributed by atoms with Gasteiger partial charge in [-0.15, -0.1) is 0 Å². The van der Waals surface area contributed by atoms with Crippen LogP contribution in [0, 0.1) is 0 Å². The first kappa shape index (κ1) is 5.24. The average Bonchev–Trinajstić information content (AvgIpc) is 2.45. The molecule has 0 unspecified atom stereocenters. The fourth-order valence-corrected chi connectivity index (χ4v) is 1.71. The Morgan fingerprint density at radius 1 is 1.44 bits per heavy atom. The summed E-state index contributed by atoms with van der Waals surface area (Å²) in [4.78, 5) is 0. The predicted octanol–water partition coefficient (Wildman–Crippen LogP) is 1.37. The fourth-order valence-electron chi connectivity index (χ4n) is 1.71. The van der Waals surface area contributed by atoms with Crippen molar-refractivity contribution in [2.45, 2.75) is 19.3 Å². The van der Waals surface area contributed by atoms with Gasteiger partial charge in [-0.1, -0.05) is 17.2 Å².